The molecular formula is C10H19NS. The van der Waals surface area contributed by atoms with Crippen LogP contribution in [0.2, 0.25) is 0 Å². The number of thioether (sulfide) groups is 1. The molecule has 0 atom stereocenters. The van der Waals surface area contributed by atoms with E-state index in [1.54, 1.807) is 0 Å². The zero-order valence-corrected chi connectivity index (χ0v) is 9.29. The quantitative estimate of drug-likeness (QED) is 0.707. The molecule has 0 unspecified atom stereocenters. The van der Waals surface area contributed by atoms with Crippen molar-refractivity contribution < 1.29 is 0 Å². The molecule has 0 bridgehead atoms. The normalized spacial score (nSPS) is 33.0. The van der Waals surface area contributed by atoms with Gasteiger partial charge in [-0.3, -0.25) is 0 Å². The van der Waals surface area contributed by atoms with Gasteiger partial charge in [-0.05, 0) is 10.8 Å². The van der Waals surface area contributed by atoms with Gasteiger partial charge >= 0.3 is 0 Å². The van der Waals surface area contributed by atoms with Gasteiger partial charge in [0, 0.05) is 23.6 Å². The minimum absolute atomic E-state index is 0.507. The Morgan fingerprint density at radius 2 is 1.58 bits per heavy atom. The highest BCUT2D eigenvalue weighted by Gasteiger charge is 2.65. The van der Waals surface area contributed by atoms with E-state index in [9.17, 15) is 0 Å². The van der Waals surface area contributed by atoms with Crippen molar-refractivity contribution in [3.05, 3.63) is 0 Å². The largest absolute Gasteiger partial charge is 0.308 e. The Labute approximate surface area is 79.7 Å². The second kappa shape index (κ2) is 2.42. The molecule has 1 aliphatic carbocycles. The number of nitrogens with one attached hydrogen (secondary N) is 1. The zero-order chi connectivity index (χ0) is 8.98. The second-order valence-corrected chi connectivity index (χ2v) is 6.35. The summed E-state index contributed by atoms with van der Waals surface area (Å²) in [7, 11) is 0. The third-order valence-electron chi connectivity index (χ3n) is 4.06. The molecule has 1 saturated carbocycles. The molecule has 1 aliphatic heterocycles. The maximum atomic E-state index is 3.75. The van der Waals surface area contributed by atoms with Crippen LogP contribution in [-0.2, 0) is 0 Å². The van der Waals surface area contributed by atoms with Crippen LogP contribution in [0.4, 0.5) is 0 Å². The van der Waals surface area contributed by atoms with Crippen molar-refractivity contribution in [2.24, 2.45) is 10.8 Å². The Bertz CT molecular complexity index is 180. The standard InChI is InChI=1S/C10H19NS/c1-9(2)8(10(9,3)4)11-7-5-12-6-7/h7-8,11H,5-6H2,1-4H3. The molecule has 2 heteroatoms. The van der Waals surface area contributed by atoms with Crippen molar-refractivity contribution in [1.82, 2.24) is 5.32 Å². The molecule has 1 nitrogen and oxygen atoms in total. The molecule has 1 heterocycles. The maximum absolute atomic E-state index is 3.75. The molecule has 2 aliphatic rings. The van der Waals surface area contributed by atoms with Crippen LogP contribution in [0.3, 0.4) is 0 Å². The summed E-state index contributed by atoms with van der Waals surface area (Å²) in [5, 5.41) is 3.75. The van der Waals surface area contributed by atoms with Crippen molar-refractivity contribution in [2.45, 2.75) is 39.8 Å². The molecule has 0 spiro atoms. The number of hydrogen-bond donors (Lipinski definition) is 1. The van der Waals surface area contributed by atoms with Crippen LogP contribution in [-0.4, -0.2) is 23.6 Å². The molecule has 0 aromatic heterocycles. The van der Waals surface area contributed by atoms with Gasteiger partial charge in [0.25, 0.3) is 0 Å². The van der Waals surface area contributed by atoms with Gasteiger partial charge in [0.15, 0.2) is 0 Å². The third kappa shape index (κ3) is 1.04. The molecule has 0 aromatic rings. The molecule has 0 amide bonds. The summed E-state index contributed by atoms with van der Waals surface area (Å²) in [6, 6.07) is 1.55. The van der Waals surface area contributed by atoms with E-state index in [0.717, 1.165) is 12.1 Å². The van der Waals surface area contributed by atoms with E-state index in [0.29, 0.717) is 10.8 Å². The highest BCUT2D eigenvalue weighted by atomic mass is 32.2. The second-order valence-electron chi connectivity index (χ2n) is 5.28. The Morgan fingerprint density at radius 1 is 1.08 bits per heavy atom. The molecule has 2 fully saturated rings. The summed E-state index contributed by atoms with van der Waals surface area (Å²) in [6.07, 6.45) is 0. The van der Waals surface area contributed by atoms with Gasteiger partial charge in [-0.15, -0.1) is 0 Å². The first kappa shape index (κ1) is 8.89. The number of hydrogen-bond acceptors (Lipinski definition) is 2. The maximum Gasteiger partial charge on any atom is 0.0251 e. The van der Waals surface area contributed by atoms with Gasteiger partial charge in [-0.25, -0.2) is 0 Å². The van der Waals surface area contributed by atoms with Crippen LogP contribution in [0, 0.1) is 10.8 Å². The molecule has 0 aromatic carbocycles. The van der Waals surface area contributed by atoms with Crippen LogP contribution in [0.1, 0.15) is 27.7 Å². The van der Waals surface area contributed by atoms with E-state index in [1.165, 1.54) is 11.5 Å². The van der Waals surface area contributed by atoms with Crippen molar-refractivity contribution in [3.8, 4) is 0 Å². The molecule has 12 heavy (non-hydrogen) atoms. The van der Waals surface area contributed by atoms with Gasteiger partial charge < -0.3 is 5.32 Å². The molecule has 0 radical (unpaired) electrons. The lowest BCUT2D eigenvalue weighted by atomic mass is 10.0. The Hall–Kier alpha value is 0.310. The lowest BCUT2D eigenvalue weighted by Gasteiger charge is -2.27. The smallest absolute Gasteiger partial charge is 0.0251 e. The average Bonchev–Trinajstić information content (AvgIpc) is 2.18. The van der Waals surface area contributed by atoms with Crippen LogP contribution in [0.25, 0.3) is 0 Å². The first-order chi connectivity index (χ1) is 5.46. The zero-order valence-electron chi connectivity index (χ0n) is 8.48. The molecule has 1 N–H and O–H groups in total. The molecule has 1 saturated heterocycles. The van der Waals surface area contributed by atoms with Crippen molar-refractivity contribution in [2.75, 3.05) is 11.5 Å². The first-order valence-electron chi connectivity index (χ1n) is 4.80. The van der Waals surface area contributed by atoms with E-state index < -0.39 is 0 Å². The van der Waals surface area contributed by atoms with Crippen molar-refractivity contribution >= 4 is 11.8 Å². The lowest BCUT2D eigenvalue weighted by Crippen LogP contribution is -2.43. The van der Waals surface area contributed by atoms with Gasteiger partial charge in [-0.2, -0.15) is 11.8 Å². The highest BCUT2D eigenvalue weighted by Crippen LogP contribution is 2.62. The average molecular weight is 185 g/mol. The predicted molar refractivity (Wildman–Crippen MR) is 55.6 cm³/mol. The molecular weight excluding hydrogens is 166 g/mol. The van der Waals surface area contributed by atoms with Crippen LogP contribution >= 0.6 is 11.8 Å². The summed E-state index contributed by atoms with van der Waals surface area (Å²) in [5.41, 5.74) is 1.01. The Balaban J connectivity index is 1.91. The van der Waals surface area contributed by atoms with Gasteiger partial charge in [0.1, 0.15) is 0 Å². The van der Waals surface area contributed by atoms with E-state index in [2.05, 4.69) is 44.8 Å². The number of rotatable bonds is 2. The summed E-state index contributed by atoms with van der Waals surface area (Å²) in [4.78, 5) is 0. The fraction of sp³-hybridized carbons (Fsp3) is 1.00. The summed E-state index contributed by atoms with van der Waals surface area (Å²) < 4.78 is 0. The van der Waals surface area contributed by atoms with Crippen LogP contribution in [0.5, 0.6) is 0 Å². The Kier molecular flexibility index (Phi) is 1.79. The monoisotopic (exact) mass is 185 g/mol. The summed E-state index contributed by atoms with van der Waals surface area (Å²) in [6.45, 7) is 9.49. The van der Waals surface area contributed by atoms with Crippen molar-refractivity contribution in [3.63, 3.8) is 0 Å². The SMILES string of the molecule is CC1(C)C(NC2CSC2)C1(C)C. The predicted octanol–water partition coefficient (Wildman–Crippen LogP) is 2.13. The Morgan fingerprint density at radius 3 is 1.83 bits per heavy atom. The van der Waals surface area contributed by atoms with Gasteiger partial charge in [0.05, 0.1) is 0 Å². The van der Waals surface area contributed by atoms with Gasteiger partial charge in [-0.1, -0.05) is 27.7 Å². The minimum atomic E-state index is 0.507. The summed E-state index contributed by atoms with van der Waals surface area (Å²) in [5.74, 6) is 2.64. The molecule has 70 valence electrons. The fourth-order valence-corrected chi connectivity index (χ4v) is 2.84. The molecule has 2 rings (SSSR count). The van der Waals surface area contributed by atoms with Crippen LogP contribution in [0.15, 0.2) is 0 Å². The fourth-order valence-electron chi connectivity index (χ4n) is 2.18. The minimum Gasteiger partial charge on any atom is -0.308 e. The van der Waals surface area contributed by atoms with E-state index >= 15 is 0 Å². The third-order valence-corrected chi connectivity index (χ3v) is 5.34. The highest BCUT2D eigenvalue weighted by molar-refractivity contribution is 8.00. The van der Waals surface area contributed by atoms with Crippen LogP contribution < -0.4 is 5.32 Å². The topological polar surface area (TPSA) is 12.0 Å². The lowest BCUT2D eigenvalue weighted by molar-refractivity contribution is 0.457. The van der Waals surface area contributed by atoms with E-state index in [-0.39, 0.29) is 0 Å². The van der Waals surface area contributed by atoms with E-state index in [4.69, 9.17) is 0 Å². The van der Waals surface area contributed by atoms with E-state index in [1.807, 2.05) is 0 Å². The first-order valence-corrected chi connectivity index (χ1v) is 5.95. The van der Waals surface area contributed by atoms with Gasteiger partial charge in [0.2, 0.25) is 0 Å². The summed E-state index contributed by atoms with van der Waals surface area (Å²) >= 11 is 2.05. The van der Waals surface area contributed by atoms with Crippen molar-refractivity contribution in [1.29, 1.82) is 0 Å².